The predicted octanol–water partition coefficient (Wildman–Crippen LogP) is 1.26. The number of nitrogens with one attached hydrogen (secondary N) is 1. The van der Waals surface area contributed by atoms with Gasteiger partial charge in [0.1, 0.15) is 0 Å². The normalized spacial score (nSPS) is 18.1. The minimum Gasteiger partial charge on any atom is -0.317 e. The molecule has 1 aromatic carbocycles. The summed E-state index contributed by atoms with van der Waals surface area (Å²) in [5.41, 5.74) is 0.427. The van der Waals surface area contributed by atoms with E-state index >= 15 is 0 Å². The molecule has 2 rings (SSSR count). The lowest BCUT2D eigenvalue weighted by Gasteiger charge is -2.31. The van der Waals surface area contributed by atoms with Crippen LogP contribution in [0.25, 0.3) is 0 Å². The van der Waals surface area contributed by atoms with Gasteiger partial charge in [0.25, 0.3) is 0 Å². The molecule has 110 valence electrons. The van der Waals surface area contributed by atoms with Crippen molar-refractivity contribution in [2.24, 2.45) is 0 Å². The van der Waals surface area contributed by atoms with Crippen molar-refractivity contribution in [2.45, 2.75) is 30.7 Å². The first kappa shape index (κ1) is 15.2. The highest BCUT2D eigenvalue weighted by molar-refractivity contribution is 7.89. The van der Waals surface area contributed by atoms with E-state index in [4.69, 9.17) is 0 Å². The van der Waals surface area contributed by atoms with Gasteiger partial charge in [0.2, 0.25) is 10.0 Å². The molecular weight excluding hydrogens is 276 g/mol. The molecule has 0 amide bonds. The Hall–Kier alpha value is -1.24. The molecule has 0 saturated carbocycles. The zero-order valence-electron chi connectivity index (χ0n) is 11.8. The maximum atomic E-state index is 12.6. The zero-order chi connectivity index (χ0) is 14.8. The maximum Gasteiger partial charge on any atom is 0.243 e. The fourth-order valence-electron chi connectivity index (χ4n) is 2.41. The molecule has 0 unspecified atom stereocenters. The summed E-state index contributed by atoms with van der Waals surface area (Å²) < 4.78 is 26.6. The number of piperidine rings is 1. The Morgan fingerprint density at radius 2 is 1.95 bits per heavy atom. The minimum atomic E-state index is -3.50. The van der Waals surface area contributed by atoms with E-state index in [2.05, 4.69) is 5.32 Å². The highest BCUT2D eigenvalue weighted by Gasteiger charge is 2.29. The summed E-state index contributed by atoms with van der Waals surface area (Å²) in [7, 11) is -1.60. The summed E-state index contributed by atoms with van der Waals surface area (Å²) in [4.78, 5) is 11.6. The molecule has 0 spiro atoms. The van der Waals surface area contributed by atoms with E-state index in [1.807, 2.05) is 7.05 Å². The first-order chi connectivity index (χ1) is 9.45. The van der Waals surface area contributed by atoms with Crippen molar-refractivity contribution in [1.82, 2.24) is 9.62 Å². The van der Waals surface area contributed by atoms with Gasteiger partial charge in [-0.3, -0.25) is 4.79 Å². The van der Waals surface area contributed by atoms with Crippen molar-refractivity contribution in [3.63, 3.8) is 0 Å². The molecule has 0 atom stereocenters. The maximum absolute atomic E-state index is 12.6. The molecule has 1 aromatic rings. The summed E-state index contributed by atoms with van der Waals surface area (Å²) >= 11 is 0. The van der Waals surface area contributed by atoms with Crippen LogP contribution < -0.4 is 5.32 Å². The predicted molar refractivity (Wildman–Crippen MR) is 77.3 cm³/mol. The number of hydrogen-bond acceptors (Lipinski definition) is 4. The number of Topliss-reactive ketones (excluding diaryl/α,β-unsaturated/α-hetero) is 1. The highest BCUT2D eigenvalue weighted by Crippen LogP contribution is 2.21. The number of hydrogen-bond donors (Lipinski definition) is 1. The number of benzene rings is 1. The van der Waals surface area contributed by atoms with E-state index in [0.29, 0.717) is 24.7 Å². The van der Waals surface area contributed by atoms with Gasteiger partial charge < -0.3 is 5.32 Å². The van der Waals surface area contributed by atoms with Crippen molar-refractivity contribution < 1.29 is 13.2 Å². The van der Waals surface area contributed by atoms with Gasteiger partial charge in [0.15, 0.2) is 5.78 Å². The minimum absolute atomic E-state index is 0.129. The molecule has 1 fully saturated rings. The van der Waals surface area contributed by atoms with Crippen molar-refractivity contribution in [1.29, 1.82) is 0 Å². The van der Waals surface area contributed by atoms with Crippen LogP contribution in [0.15, 0.2) is 29.2 Å². The van der Waals surface area contributed by atoms with Gasteiger partial charge in [-0.2, -0.15) is 4.31 Å². The van der Waals surface area contributed by atoms with E-state index in [1.165, 1.54) is 17.3 Å². The average molecular weight is 296 g/mol. The Labute approximate surface area is 120 Å². The zero-order valence-corrected chi connectivity index (χ0v) is 12.6. The molecule has 0 aromatic heterocycles. The fourth-order valence-corrected chi connectivity index (χ4v) is 3.93. The van der Waals surface area contributed by atoms with Gasteiger partial charge in [-0.05, 0) is 38.9 Å². The second-order valence-corrected chi connectivity index (χ2v) is 6.99. The van der Waals surface area contributed by atoms with Crippen LogP contribution in [-0.2, 0) is 10.0 Å². The standard InChI is InChI=1S/C14H20N2O3S/c1-11(17)12-4-3-5-14(10-12)20(18,19)16-8-6-13(15-2)7-9-16/h3-5,10,13,15H,6-9H2,1-2H3. The first-order valence-electron chi connectivity index (χ1n) is 6.73. The smallest absolute Gasteiger partial charge is 0.243 e. The molecule has 6 heteroatoms. The van der Waals surface area contributed by atoms with Gasteiger partial charge in [-0.25, -0.2) is 8.42 Å². The summed E-state index contributed by atoms with van der Waals surface area (Å²) in [6.07, 6.45) is 1.62. The Bertz CT molecular complexity index is 590. The molecule has 1 aliphatic rings. The van der Waals surface area contributed by atoms with E-state index < -0.39 is 10.0 Å². The number of rotatable bonds is 4. The van der Waals surface area contributed by atoms with Crippen LogP contribution >= 0.6 is 0 Å². The van der Waals surface area contributed by atoms with Gasteiger partial charge in [0, 0.05) is 24.7 Å². The lowest BCUT2D eigenvalue weighted by Crippen LogP contribution is -2.43. The molecule has 1 heterocycles. The van der Waals surface area contributed by atoms with Gasteiger partial charge in [-0.15, -0.1) is 0 Å². The van der Waals surface area contributed by atoms with Crippen molar-refractivity contribution in [3.8, 4) is 0 Å². The second kappa shape index (κ2) is 6.03. The molecule has 0 radical (unpaired) electrons. The van der Waals surface area contributed by atoms with Crippen LogP contribution in [0.5, 0.6) is 0 Å². The second-order valence-electron chi connectivity index (χ2n) is 5.05. The number of nitrogens with zero attached hydrogens (tertiary/aromatic N) is 1. The largest absolute Gasteiger partial charge is 0.317 e. The van der Waals surface area contributed by atoms with E-state index in [9.17, 15) is 13.2 Å². The first-order valence-corrected chi connectivity index (χ1v) is 8.17. The highest BCUT2D eigenvalue weighted by atomic mass is 32.2. The topological polar surface area (TPSA) is 66.5 Å². The van der Waals surface area contributed by atoms with Crippen molar-refractivity contribution in [3.05, 3.63) is 29.8 Å². The summed E-state index contributed by atoms with van der Waals surface area (Å²) in [5.74, 6) is -0.129. The van der Waals surface area contributed by atoms with E-state index in [0.717, 1.165) is 12.8 Å². The molecule has 0 bridgehead atoms. The van der Waals surface area contributed by atoms with Crippen molar-refractivity contribution >= 4 is 15.8 Å². The summed E-state index contributed by atoms with van der Waals surface area (Å²) in [6, 6.07) is 6.64. The number of carbonyl (C=O) groups excluding carboxylic acids is 1. The summed E-state index contributed by atoms with van der Waals surface area (Å²) in [5, 5.41) is 3.17. The molecule has 20 heavy (non-hydrogen) atoms. The molecule has 0 aliphatic carbocycles. The van der Waals surface area contributed by atoms with Gasteiger partial charge in [-0.1, -0.05) is 12.1 Å². The molecule has 5 nitrogen and oxygen atoms in total. The third kappa shape index (κ3) is 3.08. The Balaban J connectivity index is 2.23. The monoisotopic (exact) mass is 296 g/mol. The third-order valence-electron chi connectivity index (χ3n) is 3.74. The molecular formula is C14H20N2O3S. The molecule has 1 N–H and O–H groups in total. The number of sulfonamides is 1. The van der Waals surface area contributed by atoms with Gasteiger partial charge in [0.05, 0.1) is 4.90 Å². The lowest BCUT2D eigenvalue weighted by atomic mass is 10.1. The Morgan fingerprint density at radius 3 is 2.50 bits per heavy atom. The summed E-state index contributed by atoms with van der Waals surface area (Å²) in [6.45, 7) is 2.46. The van der Waals surface area contributed by atoms with Crippen LogP contribution in [0.1, 0.15) is 30.1 Å². The lowest BCUT2D eigenvalue weighted by molar-refractivity contribution is 0.101. The van der Waals surface area contributed by atoms with Crippen LogP contribution in [0, 0.1) is 0 Å². The molecule has 1 saturated heterocycles. The van der Waals surface area contributed by atoms with Crippen LogP contribution in [0.3, 0.4) is 0 Å². The van der Waals surface area contributed by atoms with E-state index in [1.54, 1.807) is 18.2 Å². The number of ketones is 1. The van der Waals surface area contributed by atoms with Crippen molar-refractivity contribution in [2.75, 3.05) is 20.1 Å². The van der Waals surface area contributed by atoms with Gasteiger partial charge >= 0.3 is 0 Å². The third-order valence-corrected chi connectivity index (χ3v) is 5.64. The van der Waals surface area contributed by atoms with Crippen LogP contribution in [0.4, 0.5) is 0 Å². The SMILES string of the molecule is CNC1CCN(S(=O)(=O)c2cccc(C(C)=O)c2)CC1. The molecule has 1 aliphatic heterocycles. The Kier molecular flexibility index (Phi) is 4.57. The van der Waals surface area contributed by atoms with E-state index in [-0.39, 0.29) is 10.7 Å². The number of carbonyl (C=O) groups is 1. The quantitative estimate of drug-likeness (QED) is 0.850. The fraction of sp³-hybridized carbons (Fsp3) is 0.500. The average Bonchev–Trinajstić information content (AvgIpc) is 2.47. The Morgan fingerprint density at radius 1 is 1.30 bits per heavy atom. The van der Waals surface area contributed by atoms with Crippen LogP contribution in [-0.4, -0.2) is 44.7 Å². The van der Waals surface area contributed by atoms with Crippen LogP contribution in [0.2, 0.25) is 0 Å².